The van der Waals surface area contributed by atoms with Gasteiger partial charge in [0.05, 0.1) is 26.4 Å². The van der Waals surface area contributed by atoms with Gasteiger partial charge in [0.15, 0.2) is 0 Å². The van der Waals surface area contributed by atoms with Gasteiger partial charge in [0.1, 0.15) is 12.2 Å². The summed E-state index contributed by atoms with van der Waals surface area (Å²) in [7, 11) is 0. The van der Waals surface area contributed by atoms with Gasteiger partial charge < -0.3 is 14.2 Å². The Balaban J connectivity index is 0.000000125. The van der Waals surface area contributed by atoms with E-state index < -0.39 is 0 Å². The van der Waals surface area contributed by atoms with Crippen molar-refractivity contribution in [3.8, 4) is 0 Å². The zero-order valence-corrected chi connectivity index (χ0v) is 8.68. The smallest absolute Gasteiger partial charge is 0.250 e. The van der Waals surface area contributed by atoms with Gasteiger partial charge in [0.25, 0.3) is 11.8 Å². The van der Waals surface area contributed by atoms with Crippen LogP contribution in [0.4, 0.5) is 0 Å². The van der Waals surface area contributed by atoms with Crippen LogP contribution in [-0.2, 0) is 23.8 Å². The minimum absolute atomic E-state index is 0.329. The van der Waals surface area contributed by atoms with Crippen molar-refractivity contribution < 1.29 is 23.8 Å². The van der Waals surface area contributed by atoms with E-state index in [-0.39, 0.29) is 11.8 Å². The summed E-state index contributed by atoms with van der Waals surface area (Å²) in [6, 6.07) is 0. The second kappa shape index (κ2) is 5.20. The maximum Gasteiger partial charge on any atom is 0.250 e. The molecule has 0 aromatic rings. The zero-order valence-electron chi connectivity index (χ0n) is 8.68. The fourth-order valence-electron chi connectivity index (χ4n) is 1.02. The van der Waals surface area contributed by atoms with Crippen molar-refractivity contribution in [1.82, 2.24) is 5.32 Å². The first-order valence-electron chi connectivity index (χ1n) is 5.08. The van der Waals surface area contributed by atoms with Gasteiger partial charge in [-0.2, -0.15) is 0 Å². The second-order valence-corrected chi connectivity index (χ2v) is 3.63. The predicted octanol–water partition coefficient (Wildman–Crippen LogP) is -1.00. The van der Waals surface area contributed by atoms with E-state index in [9.17, 15) is 9.59 Å². The van der Waals surface area contributed by atoms with E-state index in [1.54, 1.807) is 0 Å². The molecule has 3 aliphatic rings. The van der Waals surface area contributed by atoms with E-state index in [4.69, 9.17) is 14.2 Å². The first-order chi connectivity index (χ1) is 7.74. The lowest BCUT2D eigenvalue weighted by Gasteiger charge is -1.95. The van der Waals surface area contributed by atoms with Crippen molar-refractivity contribution in [2.45, 2.75) is 12.2 Å². The largest absolute Gasteiger partial charge is 0.376 e. The molecule has 0 saturated carbocycles. The number of carbonyl (C=O) groups excluding carboxylic acids is 2. The van der Waals surface area contributed by atoms with Gasteiger partial charge >= 0.3 is 0 Å². The Morgan fingerprint density at radius 3 is 1.81 bits per heavy atom. The summed E-state index contributed by atoms with van der Waals surface area (Å²) < 4.78 is 15.1. The van der Waals surface area contributed by atoms with Gasteiger partial charge in [-0.1, -0.05) is 0 Å². The standard InChI is InChI=1S/C6H10O3.C4H3NO2/c1(5-3-8-5)7-2-6-4-9-6;6-3-1-2-4(7)5-3/h5-6H,1-4H2;1-2H,(H,5,6,7). The zero-order chi connectivity index (χ0) is 11.4. The molecule has 0 aromatic carbocycles. The van der Waals surface area contributed by atoms with Crippen molar-refractivity contribution in [3.05, 3.63) is 12.2 Å². The first-order valence-corrected chi connectivity index (χ1v) is 5.08. The molecule has 6 nitrogen and oxygen atoms in total. The van der Waals surface area contributed by atoms with E-state index in [1.165, 1.54) is 12.2 Å². The normalized spacial score (nSPS) is 29.5. The summed E-state index contributed by atoms with van der Waals surface area (Å²) in [6.45, 7) is 3.26. The molecule has 0 radical (unpaired) electrons. The first kappa shape index (κ1) is 11.3. The van der Waals surface area contributed by atoms with Crippen LogP contribution in [0.2, 0.25) is 0 Å². The van der Waals surface area contributed by atoms with Gasteiger partial charge in [-0.15, -0.1) is 0 Å². The number of hydrogen-bond donors (Lipinski definition) is 1. The lowest BCUT2D eigenvalue weighted by atomic mass is 10.5. The van der Waals surface area contributed by atoms with Crippen LogP contribution in [0.25, 0.3) is 0 Å². The predicted molar refractivity (Wildman–Crippen MR) is 52.6 cm³/mol. The van der Waals surface area contributed by atoms with Crippen molar-refractivity contribution in [1.29, 1.82) is 0 Å². The Labute approximate surface area is 92.5 Å². The summed E-state index contributed by atoms with van der Waals surface area (Å²) in [5.41, 5.74) is 0. The lowest BCUT2D eigenvalue weighted by molar-refractivity contribution is -0.123. The highest BCUT2D eigenvalue weighted by Gasteiger charge is 2.26. The summed E-state index contributed by atoms with van der Waals surface area (Å²) in [5, 5.41) is 2.03. The Morgan fingerprint density at radius 2 is 1.56 bits per heavy atom. The van der Waals surface area contributed by atoms with Crippen molar-refractivity contribution in [2.75, 3.05) is 26.4 Å². The topological polar surface area (TPSA) is 80.5 Å². The molecule has 2 unspecified atom stereocenters. The third kappa shape index (κ3) is 4.52. The Bertz CT molecular complexity index is 278. The minimum atomic E-state index is -0.329. The average molecular weight is 227 g/mol. The number of nitrogens with one attached hydrogen (secondary N) is 1. The molecule has 3 heterocycles. The Kier molecular flexibility index (Phi) is 3.66. The Hall–Kier alpha value is -1.24. The molecular formula is C10H13NO5. The van der Waals surface area contributed by atoms with Crippen molar-refractivity contribution in [2.24, 2.45) is 0 Å². The molecule has 16 heavy (non-hydrogen) atoms. The molecule has 6 heteroatoms. The van der Waals surface area contributed by atoms with Crippen LogP contribution in [0.15, 0.2) is 12.2 Å². The molecule has 2 amide bonds. The van der Waals surface area contributed by atoms with E-state index in [0.717, 1.165) is 26.4 Å². The van der Waals surface area contributed by atoms with Crippen LogP contribution in [0.5, 0.6) is 0 Å². The molecule has 0 aliphatic carbocycles. The second-order valence-electron chi connectivity index (χ2n) is 3.63. The molecule has 0 bridgehead atoms. The van der Waals surface area contributed by atoms with E-state index >= 15 is 0 Å². The van der Waals surface area contributed by atoms with Gasteiger partial charge in [0, 0.05) is 12.2 Å². The molecule has 3 aliphatic heterocycles. The molecule has 0 aromatic heterocycles. The molecule has 2 saturated heterocycles. The minimum Gasteiger partial charge on any atom is -0.376 e. The SMILES string of the molecule is C(OCC1CO1)C1CO1.O=C1C=CC(=O)N1. The lowest BCUT2D eigenvalue weighted by Crippen LogP contribution is -2.19. The molecule has 1 N–H and O–H groups in total. The van der Waals surface area contributed by atoms with Gasteiger partial charge in [-0.25, -0.2) is 0 Å². The van der Waals surface area contributed by atoms with Gasteiger partial charge in [0.2, 0.25) is 0 Å². The van der Waals surface area contributed by atoms with Crippen molar-refractivity contribution in [3.63, 3.8) is 0 Å². The van der Waals surface area contributed by atoms with E-state index in [0.29, 0.717) is 12.2 Å². The molecule has 2 fully saturated rings. The number of epoxide rings is 2. The number of ether oxygens (including phenoxy) is 3. The monoisotopic (exact) mass is 227 g/mol. The molecule has 88 valence electrons. The maximum atomic E-state index is 10.0. The third-order valence-corrected chi connectivity index (χ3v) is 2.04. The fourth-order valence-corrected chi connectivity index (χ4v) is 1.02. The Morgan fingerprint density at radius 1 is 1.12 bits per heavy atom. The average Bonchev–Trinajstić information content (AvgIpc) is 3.12. The fraction of sp³-hybridized carbons (Fsp3) is 0.600. The summed E-state index contributed by atoms with van der Waals surface area (Å²) in [6.07, 6.45) is 3.18. The molecular weight excluding hydrogens is 214 g/mol. The highest BCUT2D eigenvalue weighted by molar-refractivity contribution is 6.12. The van der Waals surface area contributed by atoms with Crippen LogP contribution < -0.4 is 5.32 Å². The number of rotatable bonds is 4. The van der Waals surface area contributed by atoms with Crippen LogP contribution in [0.3, 0.4) is 0 Å². The summed E-state index contributed by atoms with van der Waals surface area (Å²) in [4.78, 5) is 20.1. The number of imide groups is 1. The highest BCUT2D eigenvalue weighted by Crippen LogP contribution is 2.12. The summed E-state index contributed by atoms with van der Waals surface area (Å²) in [5.74, 6) is -0.657. The summed E-state index contributed by atoms with van der Waals surface area (Å²) >= 11 is 0. The number of hydrogen-bond acceptors (Lipinski definition) is 5. The van der Waals surface area contributed by atoms with Gasteiger partial charge in [-0.3, -0.25) is 14.9 Å². The molecule has 0 spiro atoms. The number of carbonyl (C=O) groups is 2. The van der Waals surface area contributed by atoms with Crippen LogP contribution in [0.1, 0.15) is 0 Å². The number of amides is 2. The quantitative estimate of drug-likeness (QED) is 0.492. The van der Waals surface area contributed by atoms with Gasteiger partial charge in [-0.05, 0) is 0 Å². The van der Waals surface area contributed by atoms with Crippen LogP contribution >= 0.6 is 0 Å². The van der Waals surface area contributed by atoms with E-state index in [2.05, 4.69) is 0 Å². The maximum absolute atomic E-state index is 10.0. The molecule has 2 atom stereocenters. The van der Waals surface area contributed by atoms with Crippen LogP contribution in [0, 0.1) is 0 Å². The van der Waals surface area contributed by atoms with E-state index in [1.807, 2.05) is 5.32 Å². The molecule has 3 rings (SSSR count). The van der Waals surface area contributed by atoms with Crippen LogP contribution in [-0.4, -0.2) is 50.4 Å². The third-order valence-electron chi connectivity index (χ3n) is 2.04. The highest BCUT2D eigenvalue weighted by atomic mass is 16.6. The van der Waals surface area contributed by atoms with Crippen molar-refractivity contribution >= 4 is 11.8 Å².